The first kappa shape index (κ1) is 22.5. The molecule has 2 aliphatic rings. The van der Waals surface area contributed by atoms with Gasteiger partial charge in [0.25, 0.3) is 0 Å². The zero-order valence-corrected chi connectivity index (χ0v) is 19.2. The van der Waals surface area contributed by atoms with Crippen LogP contribution >= 0.6 is 35.6 Å². The first-order chi connectivity index (χ1) is 12.4. The lowest BCUT2D eigenvalue weighted by Gasteiger charge is -2.36. The Morgan fingerprint density at radius 1 is 1.04 bits per heavy atom. The summed E-state index contributed by atoms with van der Waals surface area (Å²) in [5, 5.41) is 0.745. The minimum Gasteiger partial charge on any atom is -0.370 e. The molecule has 2 N–H and O–H groups in total. The highest BCUT2D eigenvalue weighted by molar-refractivity contribution is 14.0. The Kier molecular flexibility index (Phi) is 8.44. The van der Waals surface area contributed by atoms with Gasteiger partial charge in [0, 0.05) is 56.5 Å². The van der Waals surface area contributed by atoms with Crippen LogP contribution in [0, 0.1) is 0 Å². The predicted octanol–water partition coefficient (Wildman–Crippen LogP) is 1.13. The van der Waals surface area contributed by atoms with Crippen LogP contribution in [0.25, 0.3) is 0 Å². The van der Waals surface area contributed by atoms with E-state index >= 15 is 0 Å². The van der Waals surface area contributed by atoms with Gasteiger partial charge in [-0.3, -0.25) is 9.89 Å². The fraction of sp³-hybridized carbons (Fsp3) is 0.588. The van der Waals surface area contributed by atoms with E-state index in [0.29, 0.717) is 25.6 Å². The molecule has 0 amide bonds. The molecule has 0 radical (unpaired) electrons. The molecule has 2 heterocycles. The van der Waals surface area contributed by atoms with E-state index in [0.717, 1.165) is 37.7 Å². The number of sulfone groups is 1. The summed E-state index contributed by atoms with van der Waals surface area (Å²) in [5.74, 6) is 1.07. The fourth-order valence-corrected chi connectivity index (χ4v) is 4.63. The Labute approximate surface area is 183 Å². The van der Waals surface area contributed by atoms with Crippen molar-refractivity contribution in [3.63, 3.8) is 0 Å². The number of benzene rings is 1. The van der Waals surface area contributed by atoms with Gasteiger partial charge < -0.3 is 15.5 Å². The van der Waals surface area contributed by atoms with Gasteiger partial charge in [-0.15, -0.1) is 24.0 Å². The van der Waals surface area contributed by atoms with Crippen LogP contribution in [0.1, 0.15) is 0 Å². The second-order valence-corrected chi connectivity index (χ2v) is 9.42. The Morgan fingerprint density at radius 3 is 2.22 bits per heavy atom. The predicted molar refractivity (Wildman–Crippen MR) is 122 cm³/mol. The second kappa shape index (κ2) is 10.1. The summed E-state index contributed by atoms with van der Waals surface area (Å²) in [6.07, 6.45) is 0. The highest BCUT2D eigenvalue weighted by atomic mass is 127. The van der Waals surface area contributed by atoms with Crippen LogP contribution in [-0.4, -0.2) is 88.0 Å². The van der Waals surface area contributed by atoms with E-state index in [2.05, 4.69) is 19.7 Å². The molecule has 152 valence electrons. The summed E-state index contributed by atoms with van der Waals surface area (Å²) in [6.45, 7) is 5.99. The Bertz CT molecular complexity index is 722. The SMILES string of the molecule is I.NC(=NCCN1CCS(=O)(=O)CC1)N1CCN(c2ccc(Cl)cc2)CC1. The van der Waals surface area contributed by atoms with Gasteiger partial charge in [-0.2, -0.15) is 0 Å². The molecular weight excluding hydrogens is 501 g/mol. The van der Waals surface area contributed by atoms with Crippen LogP contribution < -0.4 is 10.6 Å². The van der Waals surface area contributed by atoms with Crippen molar-refractivity contribution in [2.45, 2.75) is 0 Å². The molecule has 1 aromatic rings. The fourth-order valence-electron chi connectivity index (χ4n) is 3.23. The minimum atomic E-state index is -2.83. The van der Waals surface area contributed by atoms with Crippen LogP contribution in [0.3, 0.4) is 0 Å². The molecule has 0 atom stereocenters. The minimum absolute atomic E-state index is 0. The monoisotopic (exact) mass is 527 g/mol. The number of hydrogen-bond acceptors (Lipinski definition) is 5. The second-order valence-electron chi connectivity index (χ2n) is 6.68. The molecule has 2 fully saturated rings. The van der Waals surface area contributed by atoms with Crippen LogP contribution in [0.2, 0.25) is 5.02 Å². The molecule has 0 unspecified atom stereocenters. The smallest absolute Gasteiger partial charge is 0.191 e. The van der Waals surface area contributed by atoms with Crippen LogP contribution in [-0.2, 0) is 9.84 Å². The molecule has 1 aromatic carbocycles. The van der Waals surface area contributed by atoms with E-state index in [4.69, 9.17) is 17.3 Å². The third-order valence-corrected chi connectivity index (χ3v) is 6.78. The zero-order valence-electron chi connectivity index (χ0n) is 15.3. The average Bonchev–Trinajstić information content (AvgIpc) is 2.64. The lowest BCUT2D eigenvalue weighted by atomic mass is 10.2. The standard InChI is InChI=1S/C17H26ClN5O2S.HI/c18-15-1-3-16(4-2-15)22-7-9-23(10-8-22)17(19)20-5-6-21-11-13-26(24,25)14-12-21;/h1-4H,5-14H2,(H2,19,20);1H. The van der Waals surface area contributed by atoms with Crippen molar-refractivity contribution in [3.8, 4) is 0 Å². The van der Waals surface area contributed by atoms with Gasteiger partial charge in [-0.1, -0.05) is 11.6 Å². The van der Waals surface area contributed by atoms with Crippen LogP contribution in [0.5, 0.6) is 0 Å². The van der Waals surface area contributed by atoms with Gasteiger partial charge in [0.2, 0.25) is 0 Å². The van der Waals surface area contributed by atoms with E-state index < -0.39 is 9.84 Å². The summed E-state index contributed by atoms with van der Waals surface area (Å²) >= 11 is 5.94. The molecule has 3 rings (SSSR count). The molecule has 0 saturated carbocycles. The number of hydrogen-bond donors (Lipinski definition) is 1. The molecule has 7 nitrogen and oxygen atoms in total. The molecule has 0 aliphatic carbocycles. The summed E-state index contributed by atoms with van der Waals surface area (Å²) in [5.41, 5.74) is 7.31. The van der Waals surface area contributed by atoms with Crippen molar-refractivity contribution < 1.29 is 8.42 Å². The summed E-state index contributed by atoms with van der Waals surface area (Å²) < 4.78 is 22.9. The molecule has 0 aromatic heterocycles. The van der Waals surface area contributed by atoms with Gasteiger partial charge in [0.05, 0.1) is 18.1 Å². The summed E-state index contributed by atoms with van der Waals surface area (Å²) in [6, 6.07) is 7.89. The third-order valence-electron chi connectivity index (χ3n) is 4.92. The summed E-state index contributed by atoms with van der Waals surface area (Å²) in [4.78, 5) is 11.0. The van der Waals surface area contributed by atoms with Crippen molar-refractivity contribution >= 4 is 57.1 Å². The van der Waals surface area contributed by atoms with Gasteiger partial charge >= 0.3 is 0 Å². The lowest BCUT2D eigenvalue weighted by molar-refractivity contribution is 0.303. The molecule has 0 spiro atoms. The molecule has 10 heteroatoms. The average molecular weight is 528 g/mol. The number of nitrogens with zero attached hydrogens (tertiary/aromatic N) is 4. The largest absolute Gasteiger partial charge is 0.370 e. The molecule has 2 aliphatic heterocycles. The highest BCUT2D eigenvalue weighted by Gasteiger charge is 2.21. The van der Waals surface area contributed by atoms with E-state index in [-0.39, 0.29) is 35.5 Å². The number of rotatable bonds is 4. The quantitative estimate of drug-likeness (QED) is 0.359. The van der Waals surface area contributed by atoms with Gasteiger partial charge in [0.15, 0.2) is 15.8 Å². The highest BCUT2D eigenvalue weighted by Crippen LogP contribution is 2.19. The first-order valence-corrected chi connectivity index (χ1v) is 11.1. The Morgan fingerprint density at radius 2 is 1.63 bits per heavy atom. The number of halogens is 2. The van der Waals surface area contributed by atoms with E-state index in [1.54, 1.807) is 0 Å². The lowest BCUT2D eigenvalue weighted by Crippen LogP contribution is -2.51. The topological polar surface area (TPSA) is 82.2 Å². The van der Waals surface area contributed by atoms with Crippen molar-refractivity contribution in [1.29, 1.82) is 0 Å². The van der Waals surface area contributed by atoms with Gasteiger partial charge in [-0.05, 0) is 24.3 Å². The zero-order chi connectivity index (χ0) is 18.6. The number of anilines is 1. The van der Waals surface area contributed by atoms with Crippen molar-refractivity contribution in [3.05, 3.63) is 29.3 Å². The number of nitrogens with two attached hydrogens (primary N) is 1. The first-order valence-electron chi connectivity index (χ1n) is 8.91. The van der Waals surface area contributed by atoms with E-state index in [9.17, 15) is 8.42 Å². The maximum atomic E-state index is 11.4. The maximum Gasteiger partial charge on any atom is 0.191 e. The molecule has 2 saturated heterocycles. The summed E-state index contributed by atoms with van der Waals surface area (Å²) in [7, 11) is -2.83. The number of piperazine rings is 1. The van der Waals surface area contributed by atoms with Crippen molar-refractivity contribution in [1.82, 2.24) is 9.80 Å². The molecular formula is C17H27ClIN5O2S. The number of guanidine groups is 1. The van der Waals surface area contributed by atoms with Crippen LogP contribution in [0.15, 0.2) is 29.3 Å². The third kappa shape index (κ3) is 6.65. The van der Waals surface area contributed by atoms with Crippen LogP contribution in [0.4, 0.5) is 5.69 Å². The van der Waals surface area contributed by atoms with Gasteiger partial charge in [0.1, 0.15) is 0 Å². The normalized spacial score (nSPS) is 21.0. The van der Waals surface area contributed by atoms with Gasteiger partial charge in [-0.25, -0.2) is 8.42 Å². The molecule has 0 bridgehead atoms. The van der Waals surface area contributed by atoms with E-state index in [1.807, 2.05) is 24.3 Å². The maximum absolute atomic E-state index is 11.4. The number of aliphatic imine (C=N–C) groups is 1. The Balaban J connectivity index is 0.00000261. The molecule has 27 heavy (non-hydrogen) atoms. The Hall–Kier alpha value is -0.780. The van der Waals surface area contributed by atoms with Crippen molar-refractivity contribution in [2.24, 2.45) is 10.7 Å². The van der Waals surface area contributed by atoms with Crippen molar-refractivity contribution in [2.75, 3.05) is 68.8 Å². The van der Waals surface area contributed by atoms with E-state index in [1.165, 1.54) is 5.69 Å².